The van der Waals surface area contributed by atoms with Crippen LogP contribution in [0.1, 0.15) is 5.56 Å². The molecule has 7 nitrogen and oxygen atoms in total. The van der Waals surface area contributed by atoms with Crippen molar-refractivity contribution in [3.63, 3.8) is 0 Å². The van der Waals surface area contributed by atoms with Gasteiger partial charge in [-0.25, -0.2) is 17.9 Å². The smallest absolute Gasteiger partial charge is 0.312 e. The number of sulfonamides is 1. The highest BCUT2D eigenvalue weighted by Gasteiger charge is 2.12. The summed E-state index contributed by atoms with van der Waals surface area (Å²) in [5, 5.41) is 2.29. The second-order valence-electron chi connectivity index (χ2n) is 3.87. The zero-order chi connectivity index (χ0) is 14.3. The minimum absolute atomic E-state index is 0.0792. The van der Waals surface area contributed by atoms with Crippen LogP contribution in [0.3, 0.4) is 0 Å². The number of hydrogen-bond donors (Lipinski definition) is 4. The van der Waals surface area contributed by atoms with E-state index in [9.17, 15) is 13.2 Å². The summed E-state index contributed by atoms with van der Waals surface area (Å²) in [6.45, 7) is 0.735. The molecule has 19 heavy (non-hydrogen) atoms. The van der Waals surface area contributed by atoms with Gasteiger partial charge in [-0.3, -0.25) is 0 Å². The predicted molar refractivity (Wildman–Crippen MR) is 72.0 cm³/mol. The third-order valence-corrected chi connectivity index (χ3v) is 3.86. The van der Waals surface area contributed by atoms with E-state index in [1.54, 1.807) is 12.1 Å². The van der Waals surface area contributed by atoms with E-state index < -0.39 is 16.1 Å². The fourth-order valence-corrected chi connectivity index (χ4v) is 2.49. The number of carbonyl (C=O) groups excluding carboxylic acids is 1. The van der Waals surface area contributed by atoms with Crippen molar-refractivity contribution in [3.05, 3.63) is 29.8 Å². The Hall–Kier alpha value is -1.64. The number of amides is 2. The van der Waals surface area contributed by atoms with Gasteiger partial charge in [-0.2, -0.15) is 0 Å². The van der Waals surface area contributed by atoms with Gasteiger partial charge in [0, 0.05) is 13.1 Å². The molecule has 0 heterocycles. The lowest BCUT2D eigenvalue weighted by atomic mass is 10.2. The Bertz CT molecular complexity index is 513. The van der Waals surface area contributed by atoms with E-state index in [4.69, 9.17) is 11.5 Å². The SMILES string of the molecule is NCCc1ccc(S(=O)(=O)NCCNC(N)=O)cc1. The zero-order valence-corrected chi connectivity index (χ0v) is 11.2. The predicted octanol–water partition coefficient (Wildman–Crippen LogP) is -0.866. The molecular weight excluding hydrogens is 268 g/mol. The number of primary amides is 1. The third-order valence-electron chi connectivity index (χ3n) is 2.38. The van der Waals surface area contributed by atoms with E-state index in [1.807, 2.05) is 0 Å². The summed E-state index contributed by atoms with van der Waals surface area (Å²) >= 11 is 0. The summed E-state index contributed by atoms with van der Waals surface area (Å²) in [6.07, 6.45) is 0.705. The molecule has 0 radical (unpaired) electrons. The minimum atomic E-state index is -3.56. The lowest BCUT2D eigenvalue weighted by Crippen LogP contribution is -2.37. The molecule has 0 bridgehead atoms. The van der Waals surface area contributed by atoms with Gasteiger partial charge in [0.05, 0.1) is 4.90 Å². The number of benzene rings is 1. The molecule has 0 fully saturated rings. The molecule has 8 heteroatoms. The van der Waals surface area contributed by atoms with Gasteiger partial charge in [0.25, 0.3) is 0 Å². The van der Waals surface area contributed by atoms with Crippen LogP contribution in [-0.4, -0.2) is 34.1 Å². The normalized spacial score (nSPS) is 11.2. The van der Waals surface area contributed by atoms with Crippen molar-refractivity contribution in [1.82, 2.24) is 10.0 Å². The van der Waals surface area contributed by atoms with E-state index in [-0.39, 0.29) is 18.0 Å². The lowest BCUT2D eigenvalue weighted by Gasteiger charge is -2.07. The van der Waals surface area contributed by atoms with Crippen LogP contribution >= 0.6 is 0 Å². The fraction of sp³-hybridized carbons (Fsp3) is 0.364. The van der Waals surface area contributed by atoms with Gasteiger partial charge in [0.1, 0.15) is 0 Å². The van der Waals surface area contributed by atoms with Crippen molar-refractivity contribution in [2.45, 2.75) is 11.3 Å². The number of carbonyl (C=O) groups is 1. The first-order valence-corrected chi connectivity index (χ1v) is 7.26. The van der Waals surface area contributed by atoms with E-state index in [2.05, 4.69) is 10.0 Å². The Labute approximate surface area is 112 Å². The summed E-state index contributed by atoms with van der Waals surface area (Å²) < 4.78 is 26.1. The van der Waals surface area contributed by atoms with E-state index in [0.717, 1.165) is 5.56 Å². The summed E-state index contributed by atoms with van der Waals surface area (Å²) in [6, 6.07) is 5.81. The monoisotopic (exact) mass is 286 g/mol. The number of hydrogen-bond acceptors (Lipinski definition) is 4. The summed E-state index contributed by atoms with van der Waals surface area (Å²) in [7, 11) is -3.56. The quantitative estimate of drug-likeness (QED) is 0.486. The first-order valence-electron chi connectivity index (χ1n) is 5.77. The van der Waals surface area contributed by atoms with Gasteiger partial charge in [0.15, 0.2) is 0 Å². The van der Waals surface area contributed by atoms with Crippen LogP contribution < -0.4 is 21.5 Å². The van der Waals surface area contributed by atoms with Crippen LogP contribution in [-0.2, 0) is 16.4 Å². The van der Waals surface area contributed by atoms with Crippen molar-refractivity contribution in [1.29, 1.82) is 0 Å². The number of nitrogens with two attached hydrogens (primary N) is 2. The highest BCUT2D eigenvalue weighted by molar-refractivity contribution is 7.89. The topological polar surface area (TPSA) is 127 Å². The van der Waals surface area contributed by atoms with E-state index in [0.29, 0.717) is 13.0 Å². The Morgan fingerprint density at radius 3 is 2.32 bits per heavy atom. The van der Waals surface area contributed by atoms with Gasteiger partial charge in [-0.15, -0.1) is 0 Å². The van der Waals surface area contributed by atoms with Gasteiger partial charge in [-0.05, 0) is 30.7 Å². The average Bonchev–Trinajstić information content (AvgIpc) is 2.36. The van der Waals surface area contributed by atoms with Crippen LogP contribution in [0.25, 0.3) is 0 Å². The molecule has 0 aliphatic carbocycles. The van der Waals surface area contributed by atoms with Crippen molar-refractivity contribution in [2.24, 2.45) is 11.5 Å². The van der Waals surface area contributed by atoms with E-state index >= 15 is 0 Å². The van der Waals surface area contributed by atoms with Gasteiger partial charge >= 0.3 is 6.03 Å². The molecule has 6 N–H and O–H groups in total. The molecule has 1 aromatic rings. The second kappa shape index (κ2) is 7.07. The van der Waals surface area contributed by atoms with Crippen LogP contribution in [0, 0.1) is 0 Å². The Balaban J connectivity index is 2.59. The van der Waals surface area contributed by atoms with Crippen LogP contribution in [0.2, 0.25) is 0 Å². The highest BCUT2D eigenvalue weighted by atomic mass is 32.2. The van der Waals surface area contributed by atoms with Crippen LogP contribution in [0.4, 0.5) is 4.79 Å². The molecule has 0 saturated heterocycles. The van der Waals surface area contributed by atoms with Gasteiger partial charge < -0.3 is 16.8 Å². The molecule has 2 amide bonds. The Kier molecular flexibility index (Phi) is 5.74. The highest BCUT2D eigenvalue weighted by Crippen LogP contribution is 2.10. The molecule has 1 rings (SSSR count). The maximum absolute atomic E-state index is 11.9. The zero-order valence-electron chi connectivity index (χ0n) is 10.4. The summed E-state index contributed by atoms with van der Waals surface area (Å²) in [4.78, 5) is 10.6. The molecule has 0 aromatic heterocycles. The molecule has 0 atom stereocenters. The summed E-state index contributed by atoms with van der Waals surface area (Å²) in [5.41, 5.74) is 11.3. The first kappa shape index (κ1) is 15.4. The molecule has 0 aliphatic heterocycles. The van der Waals surface area contributed by atoms with Crippen molar-refractivity contribution in [2.75, 3.05) is 19.6 Å². The molecule has 0 unspecified atom stereocenters. The number of rotatable bonds is 7. The maximum atomic E-state index is 11.9. The molecule has 0 saturated carbocycles. The van der Waals surface area contributed by atoms with Crippen LogP contribution in [0.15, 0.2) is 29.2 Å². The molecular formula is C11H18N4O3S. The van der Waals surface area contributed by atoms with Crippen LogP contribution in [0.5, 0.6) is 0 Å². The van der Waals surface area contributed by atoms with Gasteiger partial charge in [0.2, 0.25) is 10.0 Å². The molecule has 1 aromatic carbocycles. The maximum Gasteiger partial charge on any atom is 0.312 e. The fourth-order valence-electron chi connectivity index (χ4n) is 1.46. The molecule has 0 aliphatic rings. The number of nitrogens with one attached hydrogen (secondary N) is 2. The largest absolute Gasteiger partial charge is 0.352 e. The van der Waals surface area contributed by atoms with E-state index in [1.165, 1.54) is 12.1 Å². The van der Waals surface area contributed by atoms with Crippen molar-refractivity contribution >= 4 is 16.1 Å². The second-order valence-corrected chi connectivity index (χ2v) is 5.64. The standard InChI is InChI=1S/C11H18N4O3S/c12-6-5-9-1-3-10(4-2-9)19(17,18)15-8-7-14-11(13)16/h1-4,15H,5-8,12H2,(H3,13,14,16). The van der Waals surface area contributed by atoms with Crippen molar-refractivity contribution in [3.8, 4) is 0 Å². The lowest BCUT2D eigenvalue weighted by molar-refractivity contribution is 0.249. The number of urea groups is 1. The van der Waals surface area contributed by atoms with Gasteiger partial charge in [-0.1, -0.05) is 12.1 Å². The molecule has 106 valence electrons. The first-order chi connectivity index (χ1) is 8.95. The van der Waals surface area contributed by atoms with Crippen molar-refractivity contribution < 1.29 is 13.2 Å². The Morgan fingerprint density at radius 1 is 1.16 bits per heavy atom. The summed E-state index contributed by atoms with van der Waals surface area (Å²) in [5.74, 6) is 0. The Morgan fingerprint density at radius 2 is 1.79 bits per heavy atom. The minimum Gasteiger partial charge on any atom is -0.352 e. The average molecular weight is 286 g/mol. The molecule has 0 spiro atoms. The third kappa shape index (κ3) is 5.25.